The number of fused-ring (bicyclic) bond motifs is 2. The predicted octanol–water partition coefficient (Wildman–Crippen LogP) is 1.91. The molecule has 3 aliphatic carbocycles. The van der Waals surface area contributed by atoms with Crippen molar-refractivity contribution in [1.29, 1.82) is 0 Å². The van der Waals surface area contributed by atoms with Gasteiger partial charge in [0.15, 0.2) is 11.7 Å². The lowest BCUT2D eigenvalue weighted by molar-refractivity contribution is -0.160. The lowest BCUT2D eigenvalue weighted by Gasteiger charge is -2.43. The van der Waals surface area contributed by atoms with E-state index in [2.05, 4.69) is 6.58 Å². The van der Waals surface area contributed by atoms with Crippen LogP contribution in [0.4, 0.5) is 17.6 Å². The number of halogens is 4. The third-order valence-electron chi connectivity index (χ3n) is 3.05. The quantitative estimate of drug-likeness (QED) is 0.394. The molecule has 0 saturated heterocycles. The van der Waals surface area contributed by atoms with Crippen molar-refractivity contribution in [2.24, 2.45) is 5.92 Å². The van der Waals surface area contributed by atoms with Crippen molar-refractivity contribution >= 4 is 11.6 Å². The highest BCUT2D eigenvalue weighted by Gasteiger charge is 2.71. The molecule has 0 aliphatic heterocycles. The molecule has 0 radical (unpaired) electrons. The fourth-order valence-electron chi connectivity index (χ4n) is 2.08. The van der Waals surface area contributed by atoms with Crippen LogP contribution in [0.3, 0.4) is 0 Å². The fourth-order valence-corrected chi connectivity index (χ4v) is 2.08. The second-order valence-electron chi connectivity index (χ2n) is 3.85. The molecule has 16 heavy (non-hydrogen) atoms. The highest BCUT2D eigenvalue weighted by Crippen LogP contribution is 2.54. The SMILES string of the molecule is C=CC1CC2(F)C(=O)C(=O)C1(F)C(F)=C2F. The third kappa shape index (κ3) is 0.881. The van der Waals surface area contributed by atoms with E-state index >= 15 is 0 Å². The molecule has 2 nitrogen and oxygen atoms in total. The van der Waals surface area contributed by atoms with E-state index in [0.717, 1.165) is 6.08 Å². The number of hydrogen-bond acceptors (Lipinski definition) is 2. The number of hydrogen-bond donors (Lipinski definition) is 0. The van der Waals surface area contributed by atoms with Crippen molar-refractivity contribution in [2.75, 3.05) is 0 Å². The zero-order valence-electron chi connectivity index (χ0n) is 7.90. The Morgan fingerprint density at radius 3 is 2.25 bits per heavy atom. The van der Waals surface area contributed by atoms with Gasteiger partial charge in [0.05, 0.1) is 0 Å². The molecule has 3 atom stereocenters. The van der Waals surface area contributed by atoms with Crippen molar-refractivity contribution in [1.82, 2.24) is 0 Å². The Morgan fingerprint density at radius 2 is 1.75 bits per heavy atom. The molecule has 0 aromatic heterocycles. The first-order chi connectivity index (χ1) is 7.30. The second kappa shape index (κ2) is 2.81. The van der Waals surface area contributed by atoms with Crippen molar-refractivity contribution in [3.05, 3.63) is 24.3 Å². The maximum absolute atomic E-state index is 14.0. The third-order valence-corrected chi connectivity index (χ3v) is 3.05. The van der Waals surface area contributed by atoms with E-state index in [1.54, 1.807) is 0 Å². The average molecular weight is 234 g/mol. The Hall–Kier alpha value is -1.46. The van der Waals surface area contributed by atoms with Gasteiger partial charge in [-0.15, -0.1) is 6.58 Å². The summed E-state index contributed by atoms with van der Waals surface area (Å²) in [5.41, 5.74) is -6.79. The minimum atomic E-state index is -3.42. The molecule has 0 aromatic rings. The van der Waals surface area contributed by atoms with Gasteiger partial charge in [0.2, 0.25) is 22.9 Å². The normalized spacial score (nSPS) is 42.9. The van der Waals surface area contributed by atoms with E-state index in [-0.39, 0.29) is 0 Å². The van der Waals surface area contributed by atoms with Crippen LogP contribution in [0, 0.1) is 5.92 Å². The van der Waals surface area contributed by atoms with Crippen molar-refractivity contribution in [2.45, 2.75) is 17.8 Å². The number of alkyl halides is 2. The highest BCUT2D eigenvalue weighted by atomic mass is 19.2. The van der Waals surface area contributed by atoms with Gasteiger partial charge in [-0.1, -0.05) is 6.08 Å². The largest absolute Gasteiger partial charge is 0.287 e. The molecule has 3 aliphatic rings. The van der Waals surface area contributed by atoms with Crippen LogP contribution in [0.15, 0.2) is 24.3 Å². The molecular weight excluding hydrogens is 228 g/mol. The lowest BCUT2D eigenvalue weighted by atomic mass is 9.63. The predicted molar refractivity (Wildman–Crippen MR) is 45.2 cm³/mol. The molecule has 86 valence electrons. The zero-order chi connectivity index (χ0) is 12.3. The van der Waals surface area contributed by atoms with Crippen molar-refractivity contribution in [3.8, 4) is 0 Å². The molecule has 1 fully saturated rings. The van der Waals surface area contributed by atoms with E-state index in [9.17, 15) is 27.2 Å². The molecule has 3 rings (SSSR count). The van der Waals surface area contributed by atoms with Gasteiger partial charge in [-0.25, -0.2) is 17.6 Å². The van der Waals surface area contributed by atoms with Gasteiger partial charge in [0, 0.05) is 12.3 Å². The van der Waals surface area contributed by atoms with Crippen molar-refractivity contribution < 1.29 is 27.2 Å². The number of Topliss-reactive ketones (excluding diaryl/α,β-unsaturated/α-hetero) is 2. The van der Waals surface area contributed by atoms with Gasteiger partial charge < -0.3 is 0 Å². The van der Waals surface area contributed by atoms with E-state index in [1.165, 1.54) is 0 Å². The van der Waals surface area contributed by atoms with Gasteiger partial charge in [-0.3, -0.25) is 9.59 Å². The second-order valence-corrected chi connectivity index (χ2v) is 3.85. The lowest BCUT2D eigenvalue weighted by Crippen LogP contribution is -2.63. The van der Waals surface area contributed by atoms with Gasteiger partial charge in [0.25, 0.3) is 0 Å². The van der Waals surface area contributed by atoms with E-state index in [4.69, 9.17) is 0 Å². The summed E-state index contributed by atoms with van der Waals surface area (Å²) in [5.74, 6) is -9.59. The van der Waals surface area contributed by atoms with Gasteiger partial charge in [0.1, 0.15) is 0 Å². The standard InChI is InChI=1S/C10H6F4O2/c1-2-4-3-9(13)5(11)6(12)10(4,14)8(16)7(9)15/h2,4H,1,3H2. The summed E-state index contributed by atoms with van der Waals surface area (Å²) in [6.07, 6.45) is -0.123. The van der Waals surface area contributed by atoms with Crippen LogP contribution >= 0.6 is 0 Å². The molecule has 0 amide bonds. The maximum Gasteiger partial charge on any atom is 0.247 e. The molecule has 0 aromatic carbocycles. The number of carbonyl (C=O) groups excluding carboxylic acids is 2. The van der Waals surface area contributed by atoms with Crippen LogP contribution in [-0.4, -0.2) is 22.9 Å². The Balaban J connectivity index is 2.77. The van der Waals surface area contributed by atoms with Crippen molar-refractivity contribution in [3.63, 3.8) is 0 Å². The topological polar surface area (TPSA) is 34.1 Å². The van der Waals surface area contributed by atoms with Crippen LogP contribution in [0.2, 0.25) is 0 Å². The first-order valence-electron chi connectivity index (χ1n) is 4.46. The molecule has 3 unspecified atom stereocenters. The molecule has 1 saturated carbocycles. The van der Waals surface area contributed by atoms with E-state index in [1.807, 2.05) is 0 Å². The zero-order valence-corrected chi connectivity index (χ0v) is 7.90. The minimum absolute atomic E-state index is 0.810. The number of ketones is 2. The van der Waals surface area contributed by atoms with Gasteiger partial charge in [-0.05, 0) is 0 Å². The van der Waals surface area contributed by atoms with Gasteiger partial charge in [-0.2, -0.15) is 0 Å². The fraction of sp³-hybridized carbons (Fsp3) is 0.400. The van der Waals surface area contributed by atoms with Crippen LogP contribution in [0.5, 0.6) is 0 Å². The summed E-state index contributed by atoms with van der Waals surface area (Å²) in [7, 11) is 0. The molecule has 2 bridgehead atoms. The molecule has 6 heteroatoms. The van der Waals surface area contributed by atoms with Crippen LogP contribution in [0.1, 0.15) is 6.42 Å². The van der Waals surface area contributed by atoms with Crippen LogP contribution < -0.4 is 0 Å². The Morgan fingerprint density at radius 1 is 1.19 bits per heavy atom. The molecular formula is C10H6F4O2. The smallest absolute Gasteiger partial charge is 0.247 e. The summed E-state index contributed by atoms with van der Waals surface area (Å²) in [6.45, 7) is 3.12. The van der Waals surface area contributed by atoms with E-state index < -0.39 is 46.9 Å². The summed E-state index contributed by atoms with van der Waals surface area (Å²) < 4.78 is 54.1. The van der Waals surface area contributed by atoms with E-state index in [0.29, 0.717) is 0 Å². The first kappa shape index (κ1) is 11.0. The average Bonchev–Trinajstić information content (AvgIpc) is 2.27. The number of carbonyl (C=O) groups is 2. The minimum Gasteiger partial charge on any atom is -0.287 e. The summed E-state index contributed by atoms with van der Waals surface area (Å²) in [4.78, 5) is 22.3. The Kier molecular flexibility index (Phi) is 1.94. The monoisotopic (exact) mass is 234 g/mol. The molecule has 0 heterocycles. The van der Waals surface area contributed by atoms with Gasteiger partial charge >= 0.3 is 0 Å². The summed E-state index contributed by atoms with van der Waals surface area (Å²) >= 11 is 0. The molecule has 0 N–H and O–H groups in total. The summed E-state index contributed by atoms with van der Waals surface area (Å²) in [6, 6.07) is 0. The first-order valence-corrected chi connectivity index (χ1v) is 4.46. The Bertz CT molecular complexity index is 456. The van der Waals surface area contributed by atoms with Crippen LogP contribution in [-0.2, 0) is 9.59 Å². The number of allylic oxidation sites excluding steroid dienone is 3. The summed E-state index contributed by atoms with van der Waals surface area (Å²) in [5, 5.41) is 0. The molecule has 0 spiro atoms. The maximum atomic E-state index is 14.0. The van der Waals surface area contributed by atoms with Crippen LogP contribution in [0.25, 0.3) is 0 Å². The highest BCUT2D eigenvalue weighted by molar-refractivity contribution is 6.46. The number of rotatable bonds is 1. The Labute approximate surface area is 87.6 Å².